The number of benzene rings is 1. The topological polar surface area (TPSA) is 50.1 Å². The predicted octanol–water partition coefficient (Wildman–Crippen LogP) is 3.98. The lowest BCUT2D eigenvalue weighted by molar-refractivity contribution is 0.148. The van der Waals surface area contributed by atoms with Gasteiger partial charge in [-0.2, -0.15) is 5.10 Å². The van der Waals surface area contributed by atoms with Crippen LogP contribution >= 0.6 is 11.6 Å². The van der Waals surface area contributed by atoms with Gasteiger partial charge in [0.2, 0.25) is 0 Å². The maximum atomic E-state index is 6.34. The van der Waals surface area contributed by atoms with Gasteiger partial charge >= 0.3 is 0 Å². The summed E-state index contributed by atoms with van der Waals surface area (Å²) in [6.45, 7) is 4.86. The molecule has 1 aliphatic heterocycles. The first-order valence-electron chi connectivity index (χ1n) is 10.7. The van der Waals surface area contributed by atoms with Gasteiger partial charge in [0.25, 0.3) is 0 Å². The van der Waals surface area contributed by atoms with Crippen LogP contribution in [0.5, 0.6) is 0 Å². The average Bonchev–Trinajstić information content (AvgIpc) is 3.19. The molecule has 29 heavy (non-hydrogen) atoms. The SMILES string of the molecule is Clc1ccccc1Cn1ncc2c(N3CCN(C4CCCCC4)CC3)ncnc21. The van der Waals surface area contributed by atoms with Crippen LogP contribution in [0, 0.1) is 0 Å². The Bertz CT molecular complexity index is 972. The average molecular weight is 411 g/mol. The fourth-order valence-electron chi connectivity index (χ4n) is 4.78. The van der Waals surface area contributed by atoms with E-state index in [-0.39, 0.29) is 0 Å². The molecule has 0 radical (unpaired) electrons. The third-order valence-corrected chi connectivity index (χ3v) is 6.76. The van der Waals surface area contributed by atoms with Gasteiger partial charge in [-0.25, -0.2) is 14.6 Å². The van der Waals surface area contributed by atoms with E-state index in [1.807, 2.05) is 35.1 Å². The van der Waals surface area contributed by atoms with Gasteiger partial charge in [0.15, 0.2) is 5.65 Å². The Hall–Kier alpha value is -2.18. The first kappa shape index (κ1) is 18.8. The number of anilines is 1. The Kier molecular flexibility index (Phi) is 5.38. The summed E-state index contributed by atoms with van der Waals surface area (Å²) in [6, 6.07) is 8.67. The summed E-state index contributed by atoms with van der Waals surface area (Å²) >= 11 is 6.34. The van der Waals surface area contributed by atoms with Crippen molar-refractivity contribution in [2.75, 3.05) is 31.1 Å². The Labute approximate surface area is 176 Å². The smallest absolute Gasteiger partial charge is 0.163 e. The van der Waals surface area contributed by atoms with Crippen LogP contribution in [0.25, 0.3) is 11.0 Å². The fraction of sp³-hybridized carbons (Fsp3) is 0.500. The Morgan fingerprint density at radius 2 is 1.76 bits per heavy atom. The quantitative estimate of drug-likeness (QED) is 0.651. The van der Waals surface area contributed by atoms with Crippen LogP contribution < -0.4 is 4.90 Å². The molecule has 0 N–H and O–H groups in total. The summed E-state index contributed by atoms with van der Waals surface area (Å²) in [6.07, 6.45) is 10.5. The van der Waals surface area contributed by atoms with Crippen LogP contribution in [0.2, 0.25) is 5.02 Å². The van der Waals surface area contributed by atoms with E-state index >= 15 is 0 Å². The molecule has 2 aliphatic rings. The third kappa shape index (κ3) is 3.83. The highest BCUT2D eigenvalue weighted by molar-refractivity contribution is 6.31. The number of aromatic nitrogens is 4. The predicted molar refractivity (Wildman–Crippen MR) is 117 cm³/mol. The van der Waals surface area contributed by atoms with Crippen LogP contribution in [0.3, 0.4) is 0 Å². The van der Waals surface area contributed by atoms with Gasteiger partial charge in [-0.3, -0.25) is 4.90 Å². The zero-order chi connectivity index (χ0) is 19.6. The number of hydrogen-bond acceptors (Lipinski definition) is 5. The number of piperazine rings is 1. The molecule has 2 aromatic heterocycles. The van der Waals surface area contributed by atoms with E-state index in [9.17, 15) is 0 Å². The number of nitrogens with zero attached hydrogens (tertiary/aromatic N) is 6. The summed E-state index contributed by atoms with van der Waals surface area (Å²) in [7, 11) is 0. The highest BCUT2D eigenvalue weighted by Crippen LogP contribution is 2.27. The molecule has 0 spiro atoms. The van der Waals surface area contributed by atoms with Crippen LogP contribution in [0.1, 0.15) is 37.7 Å². The molecule has 152 valence electrons. The summed E-state index contributed by atoms with van der Waals surface area (Å²) in [5.74, 6) is 1.00. The van der Waals surface area contributed by atoms with Gasteiger partial charge in [0.05, 0.1) is 18.1 Å². The van der Waals surface area contributed by atoms with Crippen LogP contribution in [-0.4, -0.2) is 56.9 Å². The maximum absolute atomic E-state index is 6.34. The standard InChI is InChI=1S/C22H27ClN6/c23-20-9-5-4-6-17(20)15-29-22-19(14-26-29)21(24-16-25-22)28-12-10-27(11-13-28)18-7-2-1-3-8-18/h4-6,9,14,16,18H,1-3,7-8,10-13,15H2. The molecule has 3 heterocycles. The first-order valence-corrected chi connectivity index (χ1v) is 11.1. The van der Waals surface area contributed by atoms with Crippen molar-refractivity contribution in [3.05, 3.63) is 47.4 Å². The highest BCUT2D eigenvalue weighted by atomic mass is 35.5. The van der Waals surface area contributed by atoms with E-state index in [0.29, 0.717) is 6.54 Å². The van der Waals surface area contributed by atoms with Crippen LogP contribution in [-0.2, 0) is 6.54 Å². The van der Waals surface area contributed by atoms with E-state index in [1.165, 1.54) is 32.1 Å². The largest absolute Gasteiger partial charge is 0.353 e. The normalized spacial score (nSPS) is 19.1. The Balaban J connectivity index is 1.34. The minimum absolute atomic E-state index is 0.606. The Morgan fingerprint density at radius 1 is 0.966 bits per heavy atom. The molecule has 1 saturated carbocycles. The molecule has 1 aliphatic carbocycles. The zero-order valence-corrected chi connectivity index (χ0v) is 17.4. The number of fused-ring (bicyclic) bond motifs is 1. The Morgan fingerprint density at radius 3 is 2.55 bits per heavy atom. The molecule has 0 bridgehead atoms. The second-order valence-corrected chi connectivity index (χ2v) is 8.55. The van der Waals surface area contributed by atoms with Crippen molar-refractivity contribution < 1.29 is 0 Å². The van der Waals surface area contributed by atoms with Gasteiger partial charge in [0, 0.05) is 37.2 Å². The maximum Gasteiger partial charge on any atom is 0.163 e. The van der Waals surface area contributed by atoms with Crippen molar-refractivity contribution >= 4 is 28.5 Å². The highest BCUT2D eigenvalue weighted by Gasteiger charge is 2.26. The fourth-order valence-corrected chi connectivity index (χ4v) is 4.98. The van der Waals surface area contributed by atoms with Crippen molar-refractivity contribution in [3.63, 3.8) is 0 Å². The van der Waals surface area contributed by atoms with Crippen molar-refractivity contribution in [1.29, 1.82) is 0 Å². The second-order valence-electron chi connectivity index (χ2n) is 8.14. The zero-order valence-electron chi connectivity index (χ0n) is 16.7. The van der Waals surface area contributed by atoms with E-state index < -0.39 is 0 Å². The van der Waals surface area contributed by atoms with Gasteiger partial charge in [-0.15, -0.1) is 0 Å². The van der Waals surface area contributed by atoms with Gasteiger partial charge in [0.1, 0.15) is 12.1 Å². The lowest BCUT2D eigenvalue weighted by Crippen LogP contribution is -2.51. The third-order valence-electron chi connectivity index (χ3n) is 6.40. The molecule has 1 aromatic carbocycles. The molecular formula is C22H27ClN6. The summed E-state index contributed by atoms with van der Waals surface area (Å²) in [4.78, 5) is 14.2. The van der Waals surface area contributed by atoms with Gasteiger partial charge in [-0.05, 0) is 24.5 Å². The summed E-state index contributed by atoms with van der Waals surface area (Å²) < 4.78 is 1.92. The molecule has 6 nitrogen and oxygen atoms in total. The van der Waals surface area contributed by atoms with Crippen molar-refractivity contribution in [2.24, 2.45) is 0 Å². The van der Waals surface area contributed by atoms with Crippen LogP contribution in [0.4, 0.5) is 5.82 Å². The first-order chi connectivity index (χ1) is 14.3. The van der Waals surface area contributed by atoms with Gasteiger partial charge < -0.3 is 4.90 Å². The lowest BCUT2D eigenvalue weighted by atomic mass is 9.94. The number of halogens is 1. The molecule has 0 amide bonds. The summed E-state index contributed by atoms with van der Waals surface area (Å²) in [5, 5.41) is 6.37. The van der Waals surface area contributed by atoms with Crippen molar-refractivity contribution in [3.8, 4) is 0 Å². The molecular weight excluding hydrogens is 384 g/mol. The number of hydrogen-bond donors (Lipinski definition) is 0. The lowest BCUT2D eigenvalue weighted by Gasteiger charge is -2.41. The molecule has 7 heteroatoms. The summed E-state index contributed by atoms with van der Waals surface area (Å²) in [5.41, 5.74) is 1.91. The van der Waals surface area contributed by atoms with E-state index in [4.69, 9.17) is 11.6 Å². The minimum atomic E-state index is 0.606. The molecule has 2 fully saturated rings. The molecule has 5 rings (SSSR count). The molecule has 0 atom stereocenters. The molecule has 1 saturated heterocycles. The molecule has 0 unspecified atom stereocenters. The van der Waals surface area contributed by atoms with E-state index in [2.05, 4.69) is 24.9 Å². The molecule has 3 aromatic rings. The van der Waals surface area contributed by atoms with Crippen molar-refractivity contribution in [2.45, 2.75) is 44.7 Å². The number of rotatable bonds is 4. The minimum Gasteiger partial charge on any atom is -0.353 e. The van der Waals surface area contributed by atoms with Crippen molar-refractivity contribution in [1.82, 2.24) is 24.6 Å². The monoisotopic (exact) mass is 410 g/mol. The van der Waals surface area contributed by atoms with E-state index in [1.54, 1.807) is 6.33 Å². The second kappa shape index (κ2) is 8.28. The van der Waals surface area contributed by atoms with Gasteiger partial charge in [-0.1, -0.05) is 49.1 Å². The van der Waals surface area contributed by atoms with Crippen LogP contribution in [0.15, 0.2) is 36.8 Å². The van der Waals surface area contributed by atoms with E-state index in [0.717, 1.165) is 59.7 Å².